The van der Waals surface area contributed by atoms with Gasteiger partial charge in [-0.15, -0.1) is 0 Å². The van der Waals surface area contributed by atoms with Crippen molar-refractivity contribution in [3.05, 3.63) is 124 Å². The Labute approximate surface area is 316 Å². The molecule has 0 aliphatic rings. The lowest BCUT2D eigenvalue weighted by Gasteiger charge is -2.18. The van der Waals surface area contributed by atoms with Gasteiger partial charge in [-0.2, -0.15) is 0 Å². The summed E-state index contributed by atoms with van der Waals surface area (Å²) in [7, 11) is 0. The Balaban J connectivity index is 1.75. The molecule has 9 heteroatoms. The molecule has 0 spiro atoms. The van der Waals surface area contributed by atoms with E-state index in [2.05, 4.69) is 35.5 Å². The second kappa shape index (κ2) is 17.3. The van der Waals surface area contributed by atoms with Gasteiger partial charge < -0.3 is 28.4 Å². The summed E-state index contributed by atoms with van der Waals surface area (Å²) in [5, 5.41) is 0. The molecule has 0 N–H and O–H groups in total. The molecule has 0 atom stereocenters. The van der Waals surface area contributed by atoms with Gasteiger partial charge in [0.2, 0.25) is 0 Å². The average molecular weight is 727 g/mol. The molecule has 0 amide bonds. The molecule has 0 saturated carbocycles. The maximum absolute atomic E-state index is 12.4. The first-order chi connectivity index (χ1) is 25.3. The van der Waals surface area contributed by atoms with E-state index in [-0.39, 0.29) is 17.2 Å². The number of ether oxygens (including phenoxy) is 6. The van der Waals surface area contributed by atoms with E-state index in [0.29, 0.717) is 33.4 Å². The van der Waals surface area contributed by atoms with E-state index >= 15 is 0 Å². The van der Waals surface area contributed by atoms with Gasteiger partial charge in [0.25, 0.3) is 0 Å². The molecule has 0 radical (unpaired) electrons. The third-order valence-electron chi connectivity index (χ3n) is 6.37. The van der Waals surface area contributed by atoms with Crippen LogP contribution in [0, 0.1) is 35.5 Å². The van der Waals surface area contributed by atoms with Crippen LogP contribution in [-0.2, 0) is 14.2 Å². The first kappa shape index (κ1) is 40.1. The van der Waals surface area contributed by atoms with Crippen LogP contribution in [0.2, 0.25) is 0 Å². The number of hydrogen-bond acceptors (Lipinski definition) is 9. The van der Waals surface area contributed by atoms with Crippen LogP contribution in [0.15, 0.2) is 91.0 Å². The Morgan fingerprint density at radius 2 is 0.630 bits per heavy atom. The molecular formula is C45H42O9. The summed E-state index contributed by atoms with van der Waals surface area (Å²) in [5.74, 6) is 19.3. The van der Waals surface area contributed by atoms with Crippen molar-refractivity contribution in [2.75, 3.05) is 0 Å². The molecule has 54 heavy (non-hydrogen) atoms. The topological polar surface area (TPSA) is 107 Å². The molecule has 0 heterocycles. The number of carbonyl (C=O) groups is 3. The minimum absolute atomic E-state index is 0.235. The van der Waals surface area contributed by atoms with Crippen LogP contribution < -0.4 is 14.2 Å². The fraction of sp³-hybridized carbons (Fsp3) is 0.267. The molecule has 0 unspecified atom stereocenters. The summed E-state index contributed by atoms with van der Waals surface area (Å²) >= 11 is 0. The second-order valence-electron chi connectivity index (χ2n) is 14.7. The predicted molar refractivity (Wildman–Crippen MR) is 204 cm³/mol. The van der Waals surface area contributed by atoms with Crippen LogP contribution in [0.5, 0.6) is 17.2 Å². The van der Waals surface area contributed by atoms with E-state index in [1.54, 1.807) is 153 Å². The molecule has 0 aromatic heterocycles. The third kappa shape index (κ3) is 13.8. The van der Waals surface area contributed by atoms with Gasteiger partial charge in [-0.05, 0) is 117 Å². The zero-order chi connectivity index (χ0) is 39.5. The monoisotopic (exact) mass is 726 g/mol. The SMILES string of the molecule is CC(C)(C)OC(=O)Oc1ccccc1C#Cc1cc(C#Cc2ccccc2OC(=O)OC(C)(C)C)cc(C#Cc2ccccc2OC(=O)OC(C)(C)C)c1. The van der Waals surface area contributed by atoms with E-state index in [0.717, 1.165) is 0 Å². The number of hydrogen-bond donors (Lipinski definition) is 0. The molecule has 0 fully saturated rings. The Hall–Kier alpha value is -6.63. The van der Waals surface area contributed by atoms with Gasteiger partial charge >= 0.3 is 18.5 Å². The largest absolute Gasteiger partial charge is 0.514 e. The van der Waals surface area contributed by atoms with Crippen molar-refractivity contribution in [1.29, 1.82) is 0 Å². The Kier molecular flexibility index (Phi) is 12.8. The van der Waals surface area contributed by atoms with Gasteiger partial charge in [0.15, 0.2) is 0 Å². The predicted octanol–water partition coefficient (Wildman–Crippen LogP) is 9.83. The zero-order valence-corrected chi connectivity index (χ0v) is 31.8. The molecular weight excluding hydrogens is 684 g/mol. The molecule has 4 aromatic rings. The quantitative estimate of drug-likeness (QED) is 0.0883. The summed E-state index contributed by atoms with van der Waals surface area (Å²) in [6.45, 7) is 15.7. The zero-order valence-electron chi connectivity index (χ0n) is 31.8. The molecule has 0 aliphatic carbocycles. The van der Waals surface area contributed by atoms with Crippen LogP contribution >= 0.6 is 0 Å². The highest BCUT2D eigenvalue weighted by Crippen LogP contribution is 2.23. The second-order valence-corrected chi connectivity index (χ2v) is 14.7. The summed E-state index contributed by atoms with van der Waals surface area (Å²) < 4.78 is 32.3. The summed E-state index contributed by atoms with van der Waals surface area (Å²) in [4.78, 5) is 37.3. The Morgan fingerprint density at radius 1 is 0.389 bits per heavy atom. The molecule has 0 bridgehead atoms. The van der Waals surface area contributed by atoms with Gasteiger partial charge in [-0.25, -0.2) is 14.4 Å². The lowest BCUT2D eigenvalue weighted by molar-refractivity contribution is 0.0192. The highest BCUT2D eigenvalue weighted by Gasteiger charge is 2.21. The molecule has 276 valence electrons. The van der Waals surface area contributed by atoms with Crippen LogP contribution in [0.4, 0.5) is 14.4 Å². The van der Waals surface area contributed by atoms with Crippen LogP contribution in [0.3, 0.4) is 0 Å². The lowest BCUT2D eigenvalue weighted by Crippen LogP contribution is -2.26. The summed E-state index contributed by atoms with van der Waals surface area (Å²) in [6, 6.07) is 25.9. The Morgan fingerprint density at radius 3 is 0.870 bits per heavy atom. The van der Waals surface area contributed by atoms with Gasteiger partial charge in [0, 0.05) is 16.7 Å². The van der Waals surface area contributed by atoms with Gasteiger partial charge in [0.1, 0.15) is 34.1 Å². The van der Waals surface area contributed by atoms with Gasteiger partial charge in [-0.3, -0.25) is 0 Å². The molecule has 4 rings (SSSR count). The number of carbonyl (C=O) groups excluding carboxylic acids is 3. The van der Waals surface area contributed by atoms with Crippen LogP contribution in [-0.4, -0.2) is 35.3 Å². The third-order valence-corrected chi connectivity index (χ3v) is 6.37. The van der Waals surface area contributed by atoms with Crippen molar-refractivity contribution < 1.29 is 42.8 Å². The lowest BCUT2D eigenvalue weighted by atomic mass is 10.0. The minimum Gasteiger partial charge on any atom is -0.428 e. The number of para-hydroxylation sites is 3. The van der Waals surface area contributed by atoms with E-state index < -0.39 is 35.3 Å². The average Bonchev–Trinajstić information content (AvgIpc) is 3.04. The van der Waals surface area contributed by atoms with E-state index in [1.807, 2.05) is 0 Å². The maximum Gasteiger partial charge on any atom is 0.514 e. The maximum atomic E-state index is 12.4. The summed E-state index contributed by atoms with van der Waals surface area (Å²) in [6.07, 6.45) is -2.55. The van der Waals surface area contributed by atoms with Crippen LogP contribution in [0.25, 0.3) is 0 Å². The fourth-order valence-electron chi connectivity index (χ4n) is 4.32. The number of rotatable bonds is 3. The van der Waals surface area contributed by atoms with Gasteiger partial charge in [-0.1, -0.05) is 71.9 Å². The van der Waals surface area contributed by atoms with E-state index in [4.69, 9.17) is 28.4 Å². The minimum atomic E-state index is -0.849. The summed E-state index contributed by atoms with van der Waals surface area (Å²) in [5.41, 5.74) is 0.806. The van der Waals surface area contributed by atoms with E-state index in [1.165, 1.54) is 0 Å². The fourth-order valence-corrected chi connectivity index (χ4v) is 4.32. The molecule has 0 saturated heterocycles. The Bertz CT molecular complexity index is 1950. The van der Waals surface area contributed by atoms with Crippen molar-refractivity contribution >= 4 is 18.5 Å². The normalized spacial score (nSPS) is 10.8. The molecule has 4 aromatic carbocycles. The first-order valence-electron chi connectivity index (χ1n) is 17.0. The highest BCUT2D eigenvalue weighted by molar-refractivity contribution is 5.68. The molecule has 0 aliphatic heterocycles. The highest BCUT2D eigenvalue weighted by atomic mass is 16.7. The smallest absolute Gasteiger partial charge is 0.428 e. The molecule has 9 nitrogen and oxygen atoms in total. The van der Waals surface area contributed by atoms with E-state index in [9.17, 15) is 14.4 Å². The first-order valence-corrected chi connectivity index (χ1v) is 17.0. The standard InChI is InChI=1S/C45H42O9/c1-43(2,3)52-40(46)49-37-19-13-10-16-34(37)25-22-31-28-32(23-26-35-17-11-14-20-38(35)50-41(47)53-44(4,5)6)30-33(29-31)24-27-36-18-12-15-21-39(36)51-42(48)54-45(7,8)9/h10-21,28-30H,1-9H3. The van der Waals surface area contributed by atoms with Crippen molar-refractivity contribution in [1.82, 2.24) is 0 Å². The number of benzene rings is 4. The van der Waals surface area contributed by atoms with Crippen molar-refractivity contribution in [2.45, 2.75) is 79.1 Å². The van der Waals surface area contributed by atoms with Crippen LogP contribution in [0.1, 0.15) is 95.7 Å². The van der Waals surface area contributed by atoms with Crippen molar-refractivity contribution in [3.63, 3.8) is 0 Å². The van der Waals surface area contributed by atoms with Crippen molar-refractivity contribution in [2.24, 2.45) is 0 Å². The van der Waals surface area contributed by atoms with Crippen molar-refractivity contribution in [3.8, 4) is 52.8 Å². The van der Waals surface area contributed by atoms with Gasteiger partial charge in [0.05, 0.1) is 16.7 Å².